The smallest absolute Gasteiger partial charge is 0.335 e. The molecule has 0 saturated carbocycles. The Bertz CT molecular complexity index is 1360. The molecular weight excluding hydrogens is 456 g/mol. The minimum Gasteiger partial charge on any atom is -0.497 e. The van der Waals surface area contributed by atoms with Crippen molar-refractivity contribution in [1.82, 2.24) is 24.4 Å². The van der Waals surface area contributed by atoms with E-state index < -0.39 is 0 Å². The monoisotopic (exact) mass is 482 g/mol. The number of rotatable bonds is 5. The van der Waals surface area contributed by atoms with Crippen molar-refractivity contribution in [2.45, 2.75) is 25.8 Å². The average molecular weight is 483 g/mol. The topological polar surface area (TPSA) is 109 Å². The lowest BCUT2D eigenvalue weighted by Gasteiger charge is -2.23. The van der Waals surface area contributed by atoms with Gasteiger partial charge in [-0.05, 0) is 80.9 Å². The summed E-state index contributed by atoms with van der Waals surface area (Å²) in [6, 6.07) is 13.1. The Morgan fingerprint density at radius 1 is 1.06 bits per heavy atom. The molecule has 3 heterocycles. The van der Waals surface area contributed by atoms with E-state index in [2.05, 4.69) is 15.3 Å². The lowest BCUT2D eigenvalue weighted by atomic mass is 10.1. The number of methoxy groups -OCH3 is 1. The van der Waals surface area contributed by atoms with Crippen LogP contribution in [-0.4, -0.2) is 39.3 Å². The molecule has 10 heteroatoms. The van der Waals surface area contributed by atoms with Crippen molar-refractivity contribution in [2.24, 2.45) is 0 Å². The van der Waals surface area contributed by atoms with E-state index in [4.69, 9.17) is 15.2 Å². The second kappa shape index (κ2) is 9.74. The Kier molecular flexibility index (Phi) is 6.76. The van der Waals surface area contributed by atoms with Crippen LogP contribution >= 0.6 is 12.4 Å². The number of hydrogen-bond acceptors (Lipinski definition) is 7. The molecule has 1 aliphatic heterocycles. The quantitative estimate of drug-likeness (QED) is 0.447. The molecule has 0 unspecified atom stereocenters. The summed E-state index contributed by atoms with van der Waals surface area (Å²) in [5, 5.41) is 3.34. The van der Waals surface area contributed by atoms with E-state index in [1.165, 1.54) is 6.33 Å². The molecule has 5 rings (SSSR count). The average Bonchev–Trinajstić information content (AvgIpc) is 3.14. The molecule has 1 fully saturated rings. The Morgan fingerprint density at radius 3 is 2.44 bits per heavy atom. The van der Waals surface area contributed by atoms with Crippen LogP contribution in [0.4, 0.5) is 5.82 Å². The summed E-state index contributed by atoms with van der Waals surface area (Å²) >= 11 is 0. The minimum absolute atomic E-state index is 0. The van der Waals surface area contributed by atoms with Gasteiger partial charge in [0.25, 0.3) is 0 Å². The molecule has 34 heavy (non-hydrogen) atoms. The first-order valence-electron chi connectivity index (χ1n) is 10.9. The van der Waals surface area contributed by atoms with Crippen molar-refractivity contribution in [1.29, 1.82) is 0 Å². The first-order chi connectivity index (χ1) is 16.1. The Labute approximate surface area is 202 Å². The Hall–Kier alpha value is -3.56. The molecule has 2 aromatic carbocycles. The van der Waals surface area contributed by atoms with Crippen LogP contribution in [0.15, 0.2) is 53.6 Å². The zero-order valence-electron chi connectivity index (χ0n) is 19.0. The molecule has 0 bridgehead atoms. The van der Waals surface area contributed by atoms with Gasteiger partial charge in [0.2, 0.25) is 0 Å². The number of piperidine rings is 1. The van der Waals surface area contributed by atoms with E-state index in [9.17, 15) is 4.79 Å². The number of aryl methyl sites for hydroxylation is 1. The standard InChI is InChI=1S/C24H26N6O3.ClH/c1-15-13-17(3-8-20(15)33-19-6-4-18(32-2)5-7-19)29-21-22(25)27-14-28-23(21)30(24(29)31)16-9-11-26-12-10-16;/h3-8,13-14,16,26H,9-12H2,1-2H3,(H2,25,27,28);1H. The molecule has 9 nitrogen and oxygen atoms in total. The van der Waals surface area contributed by atoms with Crippen molar-refractivity contribution in [3.63, 3.8) is 0 Å². The summed E-state index contributed by atoms with van der Waals surface area (Å²) in [6.45, 7) is 3.67. The van der Waals surface area contributed by atoms with E-state index >= 15 is 0 Å². The number of nitrogens with two attached hydrogens (primary N) is 1. The van der Waals surface area contributed by atoms with E-state index in [0.29, 0.717) is 28.4 Å². The molecule has 0 spiro atoms. The summed E-state index contributed by atoms with van der Waals surface area (Å²) in [4.78, 5) is 22.2. The number of anilines is 1. The highest BCUT2D eigenvalue weighted by atomic mass is 35.5. The molecule has 178 valence electrons. The molecule has 0 radical (unpaired) electrons. The fourth-order valence-electron chi connectivity index (χ4n) is 4.36. The van der Waals surface area contributed by atoms with E-state index in [1.54, 1.807) is 16.2 Å². The van der Waals surface area contributed by atoms with E-state index in [0.717, 1.165) is 37.2 Å². The van der Waals surface area contributed by atoms with Crippen LogP contribution < -0.4 is 26.2 Å². The first-order valence-corrected chi connectivity index (χ1v) is 10.9. The maximum absolute atomic E-state index is 13.6. The number of imidazole rings is 1. The maximum Gasteiger partial charge on any atom is 0.335 e. The second-order valence-electron chi connectivity index (χ2n) is 8.13. The third-order valence-corrected chi connectivity index (χ3v) is 6.06. The molecule has 0 aliphatic carbocycles. The third-order valence-electron chi connectivity index (χ3n) is 6.06. The largest absolute Gasteiger partial charge is 0.497 e. The molecule has 2 aromatic heterocycles. The number of nitrogen functional groups attached to an aromatic ring is 1. The highest BCUT2D eigenvalue weighted by Gasteiger charge is 2.25. The van der Waals surface area contributed by atoms with E-state index in [1.807, 2.05) is 49.4 Å². The molecule has 3 N–H and O–H groups in total. The lowest BCUT2D eigenvalue weighted by Crippen LogP contribution is -2.34. The Balaban J connectivity index is 0.00000274. The van der Waals surface area contributed by atoms with Crippen LogP contribution in [0.25, 0.3) is 16.9 Å². The van der Waals surface area contributed by atoms with Gasteiger partial charge in [-0.3, -0.25) is 9.13 Å². The van der Waals surface area contributed by atoms with Gasteiger partial charge in [-0.25, -0.2) is 14.8 Å². The third kappa shape index (κ3) is 4.20. The van der Waals surface area contributed by atoms with Crippen molar-refractivity contribution < 1.29 is 9.47 Å². The van der Waals surface area contributed by atoms with E-state index in [-0.39, 0.29) is 30.0 Å². The molecule has 1 aliphatic rings. The fraction of sp³-hybridized carbons (Fsp3) is 0.292. The van der Waals surface area contributed by atoms with Gasteiger partial charge in [-0.1, -0.05) is 0 Å². The predicted molar refractivity (Wildman–Crippen MR) is 134 cm³/mol. The van der Waals surface area contributed by atoms with Gasteiger partial charge in [-0.2, -0.15) is 0 Å². The van der Waals surface area contributed by atoms with Gasteiger partial charge in [0.1, 0.15) is 29.1 Å². The minimum atomic E-state index is -0.160. The summed E-state index contributed by atoms with van der Waals surface area (Å²) in [5.74, 6) is 2.44. The number of nitrogens with zero attached hydrogens (tertiary/aromatic N) is 4. The molecule has 4 aromatic rings. The van der Waals surface area contributed by atoms with Crippen LogP contribution in [0.3, 0.4) is 0 Å². The first kappa shape index (κ1) is 23.6. The number of aromatic nitrogens is 4. The number of nitrogens with one attached hydrogen (secondary N) is 1. The molecule has 0 amide bonds. The van der Waals surface area contributed by atoms with Crippen molar-refractivity contribution in [3.05, 3.63) is 64.8 Å². The van der Waals surface area contributed by atoms with Gasteiger partial charge in [0.15, 0.2) is 11.5 Å². The van der Waals surface area contributed by atoms with Gasteiger partial charge in [0.05, 0.1) is 12.8 Å². The summed E-state index contributed by atoms with van der Waals surface area (Å²) in [6.07, 6.45) is 3.13. The predicted octanol–water partition coefficient (Wildman–Crippen LogP) is 3.62. The van der Waals surface area contributed by atoms with Crippen LogP contribution in [0, 0.1) is 6.92 Å². The number of benzene rings is 2. The van der Waals surface area contributed by atoms with Crippen LogP contribution in [0.5, 0.6) is 17.2 Å². The summed E-state index contributed by atoms with van der Waals surface area (Å²) in [7, 11) is 1.63. The second-order valence-corrected chi connectivity index (χ2v) is 8.13. The van der Waals surface area contributed by atoms with Crippen molar-refractivity contribution >= 4 is 29.4 Å². The zero-order chi connectivity index (χ0) is 22.9. The summed E-state index contributed by atoms with van der Waals surface area (Å²) < 4.78 is 14.6. The Morgan fingerprint density at radius 2 is 1.76 bits per heavy atom. The number of hydrogen-bond donors (Lipinski definition) is 2. The summed E-state index contributed by atoms with van der Waals surface area (Å²) in [5.41, 5.74) is 8.74. The lowest BCUT2D eigenvalue weighted by molar-refractivity contribution is 0.366. The number of fused-ring (bicyclic) bond motifs is 1. The number of ether oxygens (including phenoxy) is 2. The van der Waals surface area contributed by atoms with Gasteiger partial charge in [0, 0.05) is 6.04 Å². The maximum atomic E-state index is 13.6. The molecule has 1 saturated heterocycles. The normalized spacial score (nSPS) is 14.1. The van der Waals surface area contributed by atoms with Gasteiger partial charge < -0.3 is 20.5 Å². The van der Waals surface area contributed by atoms with Crippen molar-refractivity contribution in [2.75, 3.05) is 25.9 Å². The fourth-order valence-corrected chi connectivity index (χ4v) is 4.36. The van der Waals surface area contributed by atoms with Gasteiger partial charge in [-0.15, -0.1) is 12.4 Å². The van der Waals surface area contributed by atoms with Gasteiger partial charge >= 0.3 is 5.69 Å². The zero-order valence-corrected chi connectivity index (χ0v) is 19.8. The van der Waals surface area contributed by atoms with Crippen molar-refractivity contribution in [3.8, 4) is 22.9 Å². The van der Waals surface area contributed by atoms with Crippen LogP contribution in [0.2, 0.25) is 0 Å². The highest BCUT2D eigenvalue weighted by molar-refractivity contribution is 5.85. The van der Waals surface area contributed by atoms with Crippen LogP contribution in [-0.2, 0) is 0 Å². The SMILES string of the molecule is COc1ccc(Oc2ccc(-n3c(=O)n(C4CCNCC4)c4ncnc(N)c43)cc2C)cc1.Cl. The number of halogens is 1. The molecular formula is C24H27ClN6O3. The van der Waals surface area contributed by atoms with Crippen LogP contribution in [0.1, 0.15) is 24.4 Å². The molecule has 0 atom stereocenters. The highest BCUT2D eigenvalue weighted by Crippen LogP contribution is 2.30.